The molecule has 1 aromatic rings. The smallest absolute Gasteiger partial charge is 0.329 e. The van der Waals surface area contributed by atoms with E-state index >= 15 is 0 Å². The number of imidazole rings is 1. The van der Waals surface area contributed by atoms with Crippen LogP contribution in [0.3, 0.4) is 0 Å². The van der Waals surface area contributed by atoms with E-state index in [0.29, 0.717) is 6.54 Å². The Hall–Kier alpha value is -1.89. The zero-order valence-electron chi connectivity index (χ0n) is 9.31. The van der Waals surface area contributed by atoms with Crippen molar-refractivity contribution < 1.29 is 19.4 Å². The molecule has 1 aromatic heterocycles. The second-order valence-electron chi connectivity index (χ2n) is 3.38. The molecule has 0 aliphatic heterocycles. The molecular formula is C10H15N3O4. The van der Waals surface area contributed by atoms with E-state index in [0.717, 1.165) is 18.7 Å². The lowest BCUT2D eigenvalue weighted by atomic mass is 10.3. The van der Waals surface area contributed by atoms with Crippen molar-refractivity contribution in [2.24, 2.45) is 0 Å². The van der Waals surface area contributed by atoms with Crippen molar-refractivity contribution in [1.29, 1.82) is 0 Å². The summed E-state index contributed by atoms with van der Waals surface area (Å²) in [6.07, 6.45) is 4.93. The Kier molecular flexibility index (Phi) is 5.73. The maximum Gasteiger partial charge on any atom is 0.329 e. The fourth-order valence-electron chi connectivity index (χ4n) is 1.20. The molecule has 0 unspecified atom stereocenters. The van der Waals surface area contributed by atoms with Crippen molar-refractivity contribution in [3.63, 3.8) is 0 Å². The number of aliphatic carboxylic acids is 1. The van der Waals surface area contributed by atoms with Gasteiger partial charge >= 0.3 is 5.97 Å². The van der Waals surface area contributed by atoms with E-state index in [9.17, 15) is 9.59 Å². The Morgan fingerprint density at radius 3 is 2.94 bits per heavy atom. The van der Waals surface area contributed by atoms with E-state index in [1.54, 1.807) is 12.4 Å². The van der Waals surface area contributed by atoms with Gasteiger partial charge in [0, 0.05) is 25.4 Å². The predicted octanol–water partition coefficient (Wildman–Crippen LogP) is -0.440. The molecule has 0 atom stereocenters. The standard InChI is InChI=1S/C10H15N3O4/c14-9(6-17-7-10(15)16)13-3-1-2-8-11-4-5-12-8/h4-5H,1-3,6-7H2,(H,11,12)(H,13,14)(H,15,16). The van der Waals surface area contributed by atoms with Crippen molar-refractivity contribution >= 4 is 11.9 Å². The van der Waals surface area contributed by atoms with E-state index < -0.39 is 12.6 Å². The summed E-state index contributed by atoms with van der Waals surface area (Å²) in [6.45, 7) is -0.178. The van der Waals surface area contributed by atoms with Crippen LogP contribution >= 0.6 is 0 Å². The number of ether oxygens (including phenoxy) is 1. The third-order valence-electron chi connectivity index (χ3n) is 1.93. The highest BCUT2D eigenvalue weighted by molar-refractivity contribution is 5.77. The highest BCUT2D eigenvalue weighted by Gasteiger charge is 2.03. The third-order valence-corrected chi connectivity index (χ3v) is 1.93. The molecule has 1 heterocycles. The van der Waals surface area contributed by atoms with E-state index in [4.69, 9.17) is 5.11 Å². The molecule has 3 N–H and O–H groups in total. The Morgan fingerprint density at radius 1 is 1.47 bits per heavy atom. The van der Waals surface area contributed by atoms with Crippen LogP contribution in [0.15, 0.2) is 12.4 Å². The SMILES string of the molecule is O=C(O)COCC(=O)NCCCc1ncc[nH]1. The molecule has 0 fully saturated rings. The number of aromatic amines is 1. The minimum absolute atomic E-state index is 0.229. The van der Waals surface area contributed by atoms with Crippen LogP contribution in [-0.2, 0) is 20.7 Å². The van der Waals surface area contributed by atoms with Gasteiger partial charge in [-0.05, 0) is 6.42 Å². The molecule has 0 aliphatic rings. The number of rotatable bonds is 8. The zero-order chi connectivity index (χ0) is 12.5. The molecule has 94 valence electrons. The summed E-state index contributed by atoms with van der Waals surface area (Å²) < 4.78 is 4.63. The van der Waals surface area contributed by atoms with Crippen LogP contribution in [0.1, 0.15) is 12.2 Å². The largest absolute Gasteiger partial charge is 0.480 e. The number of nitrogens with zero attached hydrogens (tertiary/aromatic N) is 1. The minimum Gasteiger partial charge on any atom is -0.480 e. The van der Waals surface area contributed by atoms with Gasteiger partial charge in [0.15, 0.2) is 0 Å². The second kappa shape index (κ2) is 7.39. The quantitative estimate of drug-likeness (QED) is 0.535. The van der Waals surface area contributed by atoms with Crippen molar-refractivity contribution in [3.8, 4) is 0 Å². The number of hydrogen-bond acceptors (Lipinski definition) is 4. The van der Waals surface area contributed by atoms with Crippen LogP contribution in [-0.4, -0.2) is 46.7 Å². The molecular weight excluding hydrogens is 226 g/mol. The summed E-state index contributed by atoms with van der Waals surface area (Å²) >= 11 is 0. The van der Waals surface area contributed by atoms with Gasteiger partial charge in [0.25, 0.3) is 0 Å². The number of carbonyl (C=O) groups is 2. The van der Waals surface area contributed by atoms with Gasteiger partial charge in [0.2, 0.25) is 5.91 Å². The van der Waals surface area contributed by atoms with Crippen molar-refractivity contribution in [2.45, 2.75) is 12.8 Å². The van der Waals surface area contributed by atoms with E-state index in [2.05, 4.69) is 20.0 Å². The van der Waals surface area contributed by atoms with Gasteiger partial charge in [-0.2, -0.15) is 0 Å². The van der Waals surface area contributed by atoms with Crippen molar-refractivity contribution in [1.82, 2.24) is 15.3 Å². The molecule has 0 aromatic carbocycles. The first-order chi connectivity index (χ1) is 8.18. The summed E-state index contributed by atoms with van der Waals surface area (Å²) in [4.78, 5) is 28.2. The first-order valence-corrected chi connectivity index (χ1v) is 5.23. The summed E-state index contributed by atoms with van der Waals surface area (Å²) in [5.41, 5.74) is 0. The predicted molar refractivity (Wildman–Crippen MR) is 58.4 cm³/mol. The lowest BCUT2D eigenvalue weighted by Crippen LogP contribution is -2.29. The molecule has 0 spiro atoms. The van der Waals surface area contributed by atoms with Gasteiger partial charge in [0.05, 0.1) is 0 Å². The highest BCUT2D eigenvalue weighted by atomic mass is 16.5. The van der Waals surface area contributed by atoms with Crippen LogP contribution in [0.25, 0.3) is 0 Å². The fraction of sp³-hybridized carbons (Fsp3) is 0.500. The Morgan fingerprint density at radius 2 is 2.29 bits per heavy atom. The second-order valence-corrected chi connectivity index (χ2v) is 3.38. The molecule has 1 amide bonds. The molecule has 0 radical (unpaired) electrons. The fourth-order valence-corrected chi connectivity index (χ4v) is 1.20. The molecule has 0 saturated carbocycles. The number of carbonyl (C=O) groups excluding carboxylic acids is 1. The lowest BCUT2D eigenvalue weighted by molar-refractivity contribution is -0.143. The molecule has 0 bridgehead atoms. The van der Waals surface area contributed by atoms with Gasteiger partial charge in [-0.1, -0.05) is 0 Å². The number of hydrogen-bond donors (Lipinski definition) is 3. The summed E-state index contributed by atoms with van der Waals surface area (Å²) in [6, 6.07) is 0. The van der Waals surface area contributed by atoms with Gasteiger partial charge < -0.3 is 20.1 Å². The maximum atomic E-state index is 11.1. The normalized spacial score (nSPS) is 10.1. The van der Waals surface area contributed by atoms with Crippen molar-refractivity contribution in [2.75, 3.05) is 19.8 Å². The number of amides is 1. The lowest BCUT2D eigenvalue weighted by Gasteiger charge is -2.04. The molecule has 7 nitrogen and oxygen atoms in total. The molecule has 1 rings (SSSR count). The molecule has 0 aliphatic carbocycles. The number of aryl methyl sites for hydroxylation is 1. The average Bonchev–Trinajstić information content (AvgIpc) is 2.76. The van der Waals surface area contributed by atoms with E-state index in [-0.39, 0.29) is 12.5 Å². The van der Waals surface area contributed by atoms with Crippen LogP contribution < -0.4 is 5.32 Å². The number of aromatic nitrogens is 2. The monoisotopic (exact) mass is 241 g/mol. The molecule has 7 heteroatoms. The van der Waals surface area contributed by atoms with Gasteiger partial charge in [-0.15, -0.1) is 0 Å². The van der Waals surface area contributed by atoms with Crippen LogP contribution in [0.5, 0.6) is 0 Å². The van der Waals surface area contributed by atoms with Gasteiger partial charge in [-0.3, -0.25) is 4.79 Å². The Bertz CT molecular complexity index is 350. The summed E-state index contributed by atoms with van der Waals surface area (Å²) in [7, 11) is 0. The molecule has 0 saturated heterocycles. The summed E-state index contributed by atoms with van der Waals surface area (Å²) in [5.74, 6) is -0.525. The number of H-pyrrole nitrogens is 1. The number of nitrogens with one attached hydrogen (secondary N) is 2. The Balaban J connectivity index is 1.98. The highest BCUT2D eigenvalue weighted by Crippen LogP contribution is 1.93. The number of carboxylic acids is 1. The molecule has 17 heavy (non-hydrogen) atoms. The van der Waals surface area contributed by atoms with Crippen LogP contribution in [0.4, 0.5) is 0 Å². The minimum atomic E-state index is -1.09. The Labute approximate surface area is 98.2 Å². The summed E-state index contributed by atoms with van der Waals surface area (Å²) in [5, 5.41) is 10.9. The van der Waals surface area contributed by atoms with Crippen molar-refractivity contribution in [3.05, 3.63) is 18.2 Å². The van der Waals surface area contributed by atoms with Gasteiger partial charge in [0.1, 0.15) is 19.0 Å². The zero-order valence-corrected chi connectivity index (χ0v) is 9.31. The topological polar surface area (TPSA) is 104 Å². The van der Waals surface area contributed by atoms with Crippen LogP contribution in [0, 0.1) is 0 Å². The van der Waals surface area contributed by atoms with Gasteiger partial charge in [-0.25, -0.2) is 9.78 Å². The van der Waals surface area contributed by atoms with Crippen LogP contribution in [0.2, 0.25) is 0 Å². The van der Waals surface area contributed by atoms with E-state index in [1.165, 1.54) is 0 Å². The van der Waals surface area contributed by atoms with E-state index in [1.807, 2.05) is 0 Å². The first-order valence-electron chi connectivity index (χ1n) is 5.23. The number of carboxylic acid groups (broad SMARTS) is 1. The maximum absolute atomic E-state index is 11.1. The third kappa shape index (κ3) is 6.31. The average molecular weight is 241 g/mol. The first kappa shape index (κ1) is 13.2.